The van der Waals surface area contributed by atoms with Crippen molar-refractivity contribution in [2.24, 2.45) is 0 Å². The first-order chi connectivity index (χ1) is 9.93. The second-order valence-electron chi connectivity index (χ2n) is 5.32. The van der Waals surface area contributed by atoms with Gasteiger partial charge < -0.3 is 10.4 Å². The summed E-state index contributed by atoms with van der Waals surface area (Å²) in [5.74, 6) is 0.102. The summed E-state index contributed by atoms with van der Waals surface area (Å²) in [6.45, 7) is 2.00. The molecule has 4 nitrogen and oxygen atoms in total. The summed E-state index contributed by atoms with van der Waals surface area (Å²) in [7, 11) is 0. The van der Waals surface area contributed by atoms with E-state index in [1.807, 2.05) is 25.1 Å². The van der Waals surface area contributed by atoms with E-state index in [1.165, 1.54) is 0 Å². The number of carbonyl (C=O) groups excluding carboxylic acids is 1. The number of aliphatic carboxylic acids is 1. The van der Waals surface area contributed by atoms with Crippen LogP contribution in [0.25, 0.3) is 0 Å². The molecule has 2 rings (SSSR count). The molecule has 1 aromatic rings. The molecule has 0 aliphatic carbocycles. The first-order valence-electron chi connectivity index (χ1n) is 6.80. The molecule has 0 saturated carbocycles. The number of thioether (sulfide) groups is 1. The van der Waals surface area contributed by atoms with Gasteiger partial charge in [-0.15, -0.1) is 0 Å². The maximum Gasteiger partial charge on any atom is 0.330 e. The highest BCUT2D eigenvalue weighted by Crippen LogP contribution is 2.28. The molecule has 1 saturated heterocycles. The van der Waals surface area contributed by atoms with Crippen LogP contribution < -0.4 is 5.32 Å². The number of nitrogens with one attached hydrogen (secondary N) is 1. The van der Waals surface area contributed by atoms with Crippen LogP contribution in [0.2, 0.25) is 0 Å². The zero-order valence-corrected chi connectivity index (χ0v) is 14.2. The highest BCUT2D eigenvalue weighted by atomic mass is 79.9. The summed E-state index contributed by atoms with van der Waals surface area (Å²) in [6, 6.07) is 5.98. The molecule has 0 bridgehead atoms. The summed E-state index contributed by atoms with van der Waals surface area (Å²) in [5, 5.41) is 12.1. The second kappa shape index (κ2) is 6.83. The molecular weight excluding hydrogens is 354 g/mol. The normalized spacial score (nSPS) is 21.2. The van der Waals surface area contributed by atoms with E-state index in [4.69, 9.17) is 0 Å². The molecule has 1 heterocycles. The van der Waals surface area contributed by atoms with Crippen molar-refractivity contribution in [3.8, 4) is 0 Å². The molecule has 21 heavy (non-hydrogen) atoms. The topological polar surface area (TPSA) is 66.4 Å². The quantitative estimate of drug-likeness (QED) is 0.834. The smallest absolute Gasteiger partial charge is 0.330 e. The number of carboxylic acid groups (broad SMARTS) is 1. The third-order valence-electron chi connectivity index (χ3n) is 3.67. The number of rotatable bonds is 5. The number of aryl methyl sites for hydroxylation is 2. The highest BCUT2D eigenvalue weighted by Gasteiger charge is 2.43. The van der Waals surface area contributed by atoms with Gasteiger partial charge in [0.2, 0.25) is 5.91 Å². The summed E-state index contributed by atoms with van der Waals surface area (Å²) >= 11 is 5.01. The van der Waals surface area contributed by atoms with Crippen molar-refractivity contribution in [2.75, 3.05) is 11.5 Å². The third-order valence-corrected chi connectivity index (χ3v) is 5.75. The van der Waals surface area contributed by atoms with Crippen LogP contribution in [0.4, 0.5) is 0 Å². The van der Waals surface area contributed by atoms with Gasteiger partial charge in [-0.05, 0) is 42.7 Å². The molecule has 1 fully saturated rings. The maximum absolute atomic E-state index is 12.0. The Morgan fingerprint density at radius 3 is 2.81 bits per heavy atom. The zero-order valence-electron chi connectivity index (χ0n) is 11.8. The van der Waals surface area contributed by atoms with Crippen molar-refractivity contribution < 1.29 is 14.7 Å². The Balaban J connectivity index is 1.92. The lowest BCUT2D eigenvalue weighted by atomic mass is 9.98. The first kappa shape index (κ1) is 16.4. The number of carbonyl (C=O) groups is 2. The molecule has 1 amide bonds. The number of amides is 1. The first-order valence-corrected chi connectivity index (χ1v) is 8.75. The zero-order chi connectivity index (χ0) is 15.5. The molecular formula is C15H18BrNO3S. The average Bonchev–Trinajstić information content (AvgIpc) is 2.90. The minimum absolute atomic E-state index is 0.194. The van der Waals surface area contributed by atoms with E-state index in [1.54, 1.807) is 11.8 Å². The van der Waals surface area contributed by atoms with E-state index < -0.39 is 11.5 Å². The van der Waals surface area contributed by atoms with Gasteiger partial charge in [0.1, 0.15) is 5.54 Å². The van der Waals surface area contributed by atoms with Gasteiger partial charge in [-0.25, -0.2) is 4.79 Å². The van der Waals surface area contributed by atoms with E-state index in [2.05, 4.69) is 21.2 Å². The van der Waals surface area contributed by atoms with E-state index in [9.17, 15) is 14.7 Å². The summed E-state index contributed by atoms with van der Waals surface area (Å²) in [6.07, 6.45) is 1.42. The van der Waals surface area contributed by atoms with Gasteiger partial charge in [0.05, 0.1) is 0 Å². The Morgan fingerprint density at radius 2 is 2.24 bits per heavy atom. The number of hydrogen-bond donors (Lipinski definition) is 2. The minimum Gasteiger partial charge on any atom is -0.479 e. The number of carboxylic acids is 1. The van der Waals surface area contributed by atoms with E-state index in [0.717, 1.165) is 21.4 Å². The highest BCUT2D eigenvalue weighted by molar-refractivity contribution is 9.10. The van der Waals surface area contributed by atoms with Gasteiger partial charge in [-0.2, -0.15) is 11.8 Å². The molecule has 1 aliphatic heterocycles. The summed E-state index contributed by atoms with van der Waals surface area (Å²) in [5.41, 5.74) is 1.13. The minimum atomic E-state index is -1.07. The molecule has 0 aromatic heterocycles. The summed E-state index contributed by atoms with van der Waals surface area (Å²) < 4.78 is 1.04. The predicted molar refractivity (Wildman–Crippen MR) is 87.7 cm³/mol. The predicted octanol–water partition coefficient (Wildman–Crippen LogP) is 2.77. The molecule has 1 unspecified atom stereocenters. The molecule has 0 spiro atoms. The van der Waals surface area contributed by atoms with Gasteiger partial charge >= 0.3 is 5.97 Å². The van der Waals surface area contributed by atoms with Gasteiger partial charge in [-0.1, -0.05) is 28.1 Å². The fraction of sp³-hybridized carbons (Fsp3) is 0.467. The van der Waals surface area contributed by atoms with Crippen LogP contribution in [0.3, 0.4) is 0 Å². The Hall–Kier alpha value is -1.01. The third kappa shape index (κ3) is 4.01. The molecule has 6 heteroatoms. The van der Waals surface area contributed by atoms with Crippen LogP contribution in [-0.4, -0.2) is 34.0 Å². The molecule has 1 aromatic carbocycles. The lowest BCUT2D eigenvalue weighted by Gasteiger charge is -2.24. The van der Waals surface area contributed by atoms with Crippen LogP contribution in [0.1, 0.15) is 24.0 Å². The fourth-order valence-electron chi connectivity index (χ4n) is 2.34. The standard InChI is InChI=1S/C15H18BrNO3S/c1-10-8-11(2-4-12(10)16)3-5-13(18)17-15(14(19)20)6-7-21-9-15/h2,4,8H,3,5-7,9H2,1H3,(H,17,18)(H,19,20). The van der Waals surface area contributed by atoms with Gasteiger partial charge in [0.15, 0.2) is 0 Å². The molecule has 1 atom stereocenters. The molecule has 114 valence electrons. The Kier molecular flexibility index (Phi) is 5.32. The van der Waals surface area contributed by atoms with Crippen LogP contribution >= 0.6 is 27.7 Å². The van der Waals surface area contributed by atoms with E-state index >= 15 is 0 Å². The Labute approximate surface area is 136 Å². The average molecular weight is 372 g/mol. The van der Waals surface area contributed by atoms with Crippen LogP contribution in [0.5, 0.6) is 0 Å². The van der Waals surface area contributed by atoms with Crippen LogP contribution in [-0.2, 0) is 16.0 Å². The van der Waals surface area contributed by atoms with E-state index in [-0.39, 0.29) is 5.91 Å². The maximum atomic E-state index is 12.0. The second-order valence-corrected chi connectivity index (χ2v) is 7.28. The van der Waals surface area contributed by atoms with Crippen LogP contribution in [0, 0.1) is 6.92 Å². The molecule has 1 aliphatic rings. The van der Waals surface area contributed by atoms with Crippen molar-refractivity contribution in [3.05, 3.63) is 33.8 Å². The summed E-state index contributed by atoms with van der Waals surface area (Å²) in [4.78, 5) is 23.4. The number of benzene rings is 1. The largest absolute Gasteiger partial charge is 0.479 e. The Morgan fingerprint density at radius 1 is 1.48 bits per heavy atom. The number of hydrogen-bond acceptors (Lipinski definition) is 3. The van der Waals surface area contributed by atoms with Crippen molar-refractivity contribution in [3.63, 3.8) is 0 Å². The fourth-order valence-corrected chi connectivity index (χ4v) is 3.91. The van der Waals surface area contributed by atoms with Crippen molar-refractivity contribution >= 4 is 39.6 Å². The van der Waals surface area contributed by atoms with Gasteiger partial charge in [-0.3, -0.25) is 4.79 Å². The van der Waals surface area contributed by atoms with Gasteiger partial charge in [0, 0.05) is 16.6 Å². The van der Waals surface area contributed by atoms with Crippen molar-refractivity contribution in [2.45, 2.75) is 31.7 Å². The lowest BCUT2D eigenvalue weighted by molar-refractivity contribution is -0.146. The molecule has 0 radical (unpaired) electrons. The van der Waals surface area contributed by atoms with Crippen molar-refractivity contribution in [1.29, 1.82) is 0 Å². The SMILES string of the molecule is Cc1cc(CCC(=O)NC2(C(=O)O)CCSC2)ccc1Br. The van der Waals surface area contributed by atoms with Gasteiger partial charge in [0.25, 0.3) is 0 Å². The van der Waals surface area contributed by atoms with Crippen LogP contribution in [0.15, 0.2) is 22.7 Å². The van der Waals surface area contributed by atoms with E-state index in [0.29, 0.717) is 25.0 Å². The monoisotopic (exact) mass is 371 g/mol. The lowest BCUT2D eigenvalue weighted by Crippen LogP contribution is -2.54. The Bertz CT molecular complexity index is 556. The van der Waals surface area contributed by atoms with Crippen molar-refractivity contribution in [1.82, 2.24) is 5.32 Å². The molecule has 2 N–H and O–H groups in total. The number of halogens is 1.